The van der Waals surface area contributed by atoms with Crippen LogP contribution in [0.25, 0.3) is 11.3 Å². The molecule has 0 radical (unpaired) electrons. The van der Waals surface area contributed by atoms with Crippen LogP contribution in [0.2, 0.25) is 0 Å². The molecular formula is C16H19N3O. The molecule has 1 aromatic heterocycles. The summed E-state index contributed by atoms with van der Waals surface area (Å²) in [5.74, 6) is 0. The van der Waals surface area contributed by atoms with Crippen LogP contribution >= 0.6 is 0 Å². The van der Waals surface area contributed by atoms with Crippen LogP contribution in [0.15, 0.2) is 41.2 Å². The van der Waals surface area contributed by atoms with E-state index in [9.17, 15) is 4.79 Å². The molecule has 1 fully saturated rings. The van der Waals surface area contributed by atoms with Gasteiger partial charge < -0.3 is 4.90 Å². The van der Waals surface area contributed by atoms with Crippen molar-refractivity contribution < 1.29 is 0 Å². The highest BCUT2D eigenvalue weighted by atomic mass is 16.1. The Bertz CT molecular complexity index is 642. The SMILES string of the molecule is Cn1nc(-c2ccc(CCN3CCC3)cc2)ccc1=O. The minimum absolute atomic E-state index is 0.0834. The van der Waals surface area contributed by atoms with Crippen LogP contribution in [0.4, 0.5) is 0 Å². The van der Waals surface area contributed by atoms with Gasteiger partial charge in [-0.2, -0.15) is 5.10 Å². The molecule has 20 heavy (non-hydrogen) atoms. The summed E-state index contributed by atoms with van der Waals surface area (Å²) >= 11 is 0. The van der Waals surface area contributed by atoms with Crippen LogP contribution in [0.3, 0.4) is 0 Å². The highest BCUT2D eigenvalue weighted by Crippen LogP contribution is 2.17. The molecule has 0 amide bonds. The minimum atomic E-state index is -0.0834. The van der Waals surface area contributed by atoms with Gasteiger partial charge in [0.05, 0.1) is 5.69 Å². The molecule has 3 rings (SSSR count). The van der Waals surface area contributed by atoms with Crippen molar-refractivity contribution in [3.8, 4) is 11.3 Å². The summed E-state index contributed by atoms with van der Waals surface area (Å²) in [6, 6.07) is 11.8. The summed E-state index contributed by atoms with van der Waals surface area (Å²) in [6.07, 6.45) is 2.44. The summed E-state index contributed by atoms with van der Waals surface area (Å²) in [7, 11) is 1.67. The van der Waals surface area contributed by atoms with Crippen molar-refractivity contribution in [1.82, 2.24) is 14.7 Å². The van der Waals surface area contributed by atoms with Gasteiger partial charge in [-0.25, -0.2) is 4.68 Å². The smallest absolute Gasteiger partial charge is 0.266 e. The number of benzene rings is 1. The summed E-state index contributed by atoms with van der Waals surface area (Å²) in [6.45, 7) is 3.65. The molecule has 0 saturated carbocycles. The van der Waals surface area contributed by atoms with Crippen molar-refractivity contribution in [1.29, 1.82) is 0 Å². The van der Waals surface area contributed by atoms with E-state index in [-0.39, 0.29) is 5.56 Å². The van der Waals surface area contributed by atoms with Crippen LogP contribution in [-0.4, -0.2) is 34.3 Å². The first-order valence-corrected chi connectivity index (χ1v) is 7.08. The highest BCUT2D eigenvalue weighted by Gasteiger charge is 2.12. The molecule has 4 heteroatoms. The van der Waals surface area contributed by atoms with Crippen molar-refractivity contribution in [2.24, 2.45) is 7.05 Å². The molecular weight excluding hydrogens is 250 g/mol. The number of hydrogen-bond acceptors (Lipinski definition) is 3. The van der Waals surface area contributed by atoms with Gasteiger partial charge in [0, 0.05) is 25.2 Å². The quantitative estimate of drug-likeness (QED) is 0.848. The van der Waals surface area contributed by atoms with Gasteiger partial charge >= 0.3 is 0 Å². The van der Waals surface area contributed by atoms with Crippen molar-refractivity contribution in [3.05, 3.63) is 52.3 Å². The molecule has 0 unspecified atom stereocenters. The summed E-state index contributed by atoms with van der Waals surface area (Å²) in [5.41, 5.74) is 3.15. The van der Waals surface area contributed by atoms with Gasteiger partial charge in [-0.3, -0.25) is 4.79 Å². The Balaban J connectivity index is 1.71. The molecule has 1 aliphatic rings. The van der Waals surface area contributed by atoms with Gasteiger partial charge in [0.1, 0.15) is 0 Å². The maximum absolute atomic E-state index is 11.3. The van der Waals surface area contributed by atoms with E-state index in [1.165, 1.54) is 29.8 Å². The first kappa shape index (κ1) is 13.1. The average molecular weight is 269 g/mol. The van der Waals surface area contributed by atoms with E-state index in [1.807, 2.05) is 0 Å². The van der Waals surface area contributed by atoms with E-state index >= 15 is 0 Å². The molecule has 0 N–H and O–H groups in total. The van der Waals surface area contributed by atoms with Crippen molar-refractivity contribution in [2.75, 3.05) is 19.6 Å². The van der Waals surface area contributed by atoms with Crippen molar-refractivity contribution in [3.63, 3.8) is 0 Å². The van der Waals surface area contributed by atoms with E-state index < -0.39 is 0 Å². The molecule has 0 atom stereocenters. The zero-order chi connectivity index (χ0) is 13.9. The van der Waals surface area contributed by atoms with E-state index in [1.54, 1.807) is 19.2 Å². The van der Waals surface area contributed by atoms with E-state index in [2.05, 4.69) is 34.3 Å². The highest BCUT2D eigenvalue weighted by molar-refractivity contribution is 5.58. The second-order valence-electron chi connectivity index (χ2n) is 5.32. The largest absolute Gasteiger partial charge is 0.303 e. The Morgan fingerprint density at radius 2 is 1.85 bits per heavy atom. The number of likely N-dealkylation sites (tertiary alicyclic amines) is 1. The van der Waals surface area contributed by atoms with Crippen LogP contribution in [0, 0.1) is 0 Å². The monoisotopic (exact) mass is 269 g/mol. The Hall–Kier alpha value is -1.94. The summed E-state index contributed by atoms with van der Waals surface area (Å²) in [5, 5.41) is 4.27. The van der Waals surface area contributed by atoms with Gasteiger partial charge in [0.15, 0.2) is 0 Å². The fourth-order valence-electron chi connectivity index (χ4n) is 2.39. The zero-order valence-electron chi connectivity index (χ0n) is 11.7. The Morgan fingerprint density at radius 3 is 2.45 bits per heavy atom. The number of rotatable bonds is 4. The molecule has 0 bridgehead atoms. The number of aromatic nitrogens is 2. The maximum Gasteiger partial charge on any atom is 0.266 e. The molecule has 1 aromatic carbocycles. The van der Waals surface area contributed by atoms with Crippen LogP contribution in [0.5, 0.6) is 0 Å². The van der Waals surface area contributed by atoms with Gasteiger partial charge in [0.2, 0.25) is 0 Å². The van der Waals surface area contributed by atoms with E-state index in [0.29, 0.717) is 0 Å². The minimum Gasteiger partial charge on any atom is -0.303 e. The lowest BCUT2D eigenvalue weighted by Crippen LogP contribution is -2.38. The number of aryl methyl sites for hydroxylation is 1. The molecule has 104 valence electrons. The fourth-order valence-corrected chi connectivity index (χ4v) is 2.39. The van der Waals surface area contributed by atoms with Crippen LogP contribution in [-0.2, 0) is 13.5 Å². The van der Waals surface area contributed by atoms with Crippen LogP contribution < -0.4 is 5.56 Å². The molecule has 4 nitrogen and oxygen atoms in total. The third-order valence-corrected chi connectivity index (χ3v) is 3.88. The Kier molecular flexibility index (Phi) is 3.65. The van der Waals surface area contributed by atoms with Gasteiger partial charge in [-0.05, 0) is 37.6 Å². The molecule has 0 spiro atoms. The normalized spacial score (nSPS) is 15.1. The topological polar surface area (TPSA) is 38.1 Å². The molecule has 1 aliphatic heterocycles. The predicted octanol–water partition coefficient (Wildman–Crippen LogP) is 1.70. The van der Waals surface area contributed by atoms with Gasteiger partial charge in [-0.15, -0.1) is 0 Å². The number of nitrogens with zero attached hydrogens (tertiary/aromatic N) is 3. The van der Waals surface area contributed by atoms with Gasteiger partial charge in [-0.1, -0.05) is 24.3 Å². The lowest BCUT2D eigenvalue weighted by Gasteiger charge is -2.30. The lowest BCUT2D eigenvalue weighted by molar-refractivity contribution is 0.184. The molecule has 2 heterocycles. The second kappa shape index (κ2) is 5.59. The van der Waals surface area contributed by atoms with Crippen molar-refractivity contribution in [2.45, 2.75) is 12.8 Å². The fraction of sp³-hybridized carbons (Fsp3) is 0.375. The predicted molar refractivity (Wildman–Crippen MR) is 79.7 cm³/mol. The van der Waals surface area contributed by atoms with Gasteiger partial charge in [0.25, 0.3) is 5.56 Å². The third-order valence-electron chi connectivity index (χ3n) is 3.88. The summed E-state index contributed by atoms with van der Waals surface area (Å²) < 4.78 is 1.37. The number of hydrogen-bond donors (Lipinski definition) is 0. The van der Waals surface area contributed by atoms with Crippen LogP contribution in [0.1, 0.15) is 12.0 Å². The lowest BCUT2D eigenvalue weighted by atomic mass is 10.1. The van der Waals surface area contributed by atoms with E-state index in [4.69, 9.17) is 0 Å². The maximum atomic E-state index is 11.3. The first-order chi connectivity index (χ1) is 9.72. The molecule has 1 saturated heterocycles. The standard InChI is InChI=1S/C16H19N3O/c1-18-16(20)8-7-15(17-18)14-5-3-13(4-6-14)9-12-19-10-2-11-19/h3-8H,2,9-12H2,1H3. The molecule has 0 aliphatic carbocycles. The zero-order valence-corrected chi connectivity index (χ0v) is 11.7. The summed E-state index contributed by atoms with van der Waals surface area (Å²) in [4.78, 5) is 13.8. The first-order valence-electron chi connectivity index (χ1n) is 7.08. The van der Waals surface area contributed by atoms with Crippen molar-refractivity contribution >= 4 is 0 Å². The Morgan fingerprint density at radius 1 is 1.10 bits per heavy atom. The molecule has 2 aromatic rings. The second-order valence-corrected chi connectivity index (χ2v) is 5.32. The third kappa shape index (κ3) is 2.80. The Labute approximate surface area is 118 Å². The van der Waals surface area contributed by atoms with E-state index in [0.717, 1.165) is 24.2 Å². The average Bonchev–Trinajstić information content (AvgIpc) is 2.41.